The number of hydrogen-bond donors (Lipinski definition) is 0. The Balaban J connectivity index is 0.000000791. The molecule has 0 aromatic heterocycles. The van der Waals surface area contributed by atoms with Crippen molar-refractivity contribution >= 4 is 15.9 Å². The molecule has 0 unspecified atom stereocenters. The van der Waals surface area contributed by atoms with Crippen molar-refractivity contribution in [1.29, 1.82) is 0 Å². The molecule has 0 N–H and O–H groups in total. The highest BCUT2D eigenvalue weighted by Crippen LogP contribution is 2.21. The minimum atomic E-state index is 0.287. The van der Waals surface area contributed by atoms with Crippen molar-refractivity contribution in [2.75, 3.05) is 13.9 Å². The van der Waals surface area contributed by atoms with Crippen molar-refractivity contribution in [3.8, 4) is 5.75 Å². The van der Waals surface area contributed by atoms with E-state index in [4.69, 9.17) is 9.47 Å². The lowest BCUT2D eigenvalue weighted by atomic mass is 10.2. The zero-order valence-corrected chi connectivity index (χ0v) is 10.7. The van der Waals surface area contributed by atoms with Gasteiger partial charge < -0.3 is 9.47 Å². The minimum absolute atomic E-state index is 0.287. The van der Waals surface area contributed by atoms with Gasteiger partial charge in [-0.2, -0.15) is 0 Å². The summed E-state index contributed by atoms with van der Waals surface area (Å²) in [6, 6.07) is 5.84. The van der Waals surface area contributed by atoms with Crippen LogP contribution in [-0.4, -0.2) is 13.9 Å². The van der Waals surface area contributed by atoms with Crippen LogP contribution in [0.1, 0.15) is 19.4 Å². The molecule has 0 heterocycles. The molecule has 0 saturated heterocycles. The minimum Gasteiger partial charge on any atom is -0.468 e. The Morgan fingerprint density at radius 3 is 2.43 bits per heavy atom. The Labute approximate surface area is 94.4 Å². The van der Waals surface area contributed by atoms with Crippen LogP contribution in [-0.2, 0) is 4.74 Å². The summed E-state index contributed by atoms with van der Waals surface area (Å²) in [5.41, 5.74) is 1.19. The van der Waals surface area contributed by atoms with E-state index in [9.17, 15) is 0 Å². The van der Waals surface area contributed by atoms with Crippen LogP contribution in [0.25, 0.3) is 0 Å². The third-order valence-corrected chi connectivity index (χ3v) is 2.34. The van der Waals surface area contributed by atoms with Gasteiger partial charge in [0.1, 0.15) is 5.75 Å². The van der Waals surface area contributed by atoms with Crippen LogP contribution in [0, 0.1) is 6.92 Å². The van der Waals surface area contributed by atoms with E-state index in [1.54, 1.807) is 7.11 Å². The molecule has 1 aromatic carbocycles. The second-order valence-corrected chi connectivity index (χ2v) is 3.32. The summed E-state index contributed by atoms with van der Waals surface area (Å²) in [6.45, 7) is 6.32. The van der Waals surface area contributed by atoms with Crippen molar-refractivity contribution in [3.63, 3.8) is 0 Å². The molecular weight excluding hydrogens is 244 g/mol. The highest BCUT2D eigenvalue weighted by molar-refractivity contribution is 9.10. The summed E-state index contributed by atoms with van der Waals surface area (Å²) in [5, 5.41) is 0. The van der Waals surface area contributed by atoms with Crippen LogP contribution in [0.5, 0.6) is 5.75 Å². The normalized spacial score (nSPS) is 8.93. The van der Waals surface area contributed by atoms with Crippen molar-refractivity contribution in [3.05, 3.63) is 28.2 Å². The van der Waals surface area contributed by atoms with Crippen molar-refractivity contribution < 1.29 is 9.47 Å². The van der Waals surface area contributed by atoms with Gasteiger partial charge in [0.15, 0.2) is 6.79 Å². The van der Waals surface area contributed by atoms with Gasteiger partial charge in [-0.05, 0) is 24.6 Å². The second-order valence-electron chi connectivity index (χ2n) is 2.46. The smallest absolute Gasteiger partial charge is 0.188 e. The van der Waals surface area contributed by atoms with Crippen molar-refractivity contribution in [2.45, 2.75) is 20.8 Å². The molecule has 0 saturated carbocycles. The molecule has 80 valence electrons. The first kappa shape index (κ1) is 13.5. The van der Waals surface area contributed by atoms with E-state index in [1.165, 1.54) is 5.56 Å². The standard InChI is InChI=1S/C9H11BrO2.C2H6/c1-7-3-4-8(5-9(7)10)12-6-11-2;1-2/h3-5H,6H2,1-2H3;1-2H3. The maximum absolute atomic E-state index is 5.24. The van der Waals surface area contributed by atoms with E-state index >= 15 is 0 Å². The highest BCUT2D eigenvalue weighted by Gasteiger charge is 1.96. The number of hydrogen-bond acceptors (Lipinski definition) is 2. The zero-order chi connectivity index (χ0) is 11.0. The van der Waals surface area contributed by atoms with E-state index in [1.807, 2.05) is 39.0 Å². The number of halogens is 1. The van der Waals surface area contributed by atoms with Crippen LogP contribution in [0.15, 0.2) is 22.7 Å². The Bertz CT molecular complexity index is 261. The number of rotatable bonds is 3. The number of aryl methyl sites for hydroxylation is 1. The lowest BCUT2D eigenvalue weighted by Crippen LogP contribution is -1.98. The lowest BCUT2D eigenvalue weighted by Gasteiger charge is -2.05. The van der Waals surface area contributed by atoms with Crippen molar-refractivity contribution in [2.24, 2.45) is 0 Å². The fraction of sp³-hybridized carbons (Fsp3) is 0.455. The van der Waals surface area contributed by atoms with Gasteiger partial charge >= 0.3 is 0 Å². The summed E-state index contributed by atoms with van der Waals surface area (Å²) in [5.74, 6) is 0.814. The Hall–Kier alpha value is -0.540. The third kappa shape index (κ3) is 4.63. The highest BCUT2D eigenvalue weighted by atomic mass is 79.9. The average Bonchev–Trinajstić information content (AvgIpc) is 2.23. The fourth-order valence-electron chi connectivity index (χ4n) is 0.790. The fourth-order valence-corrected chi connectivity index (χ4v) is 1.15. The average molecular weight is 261 g/mol. The monoisotopic (exact) mass is 260 g/mol. The summed E-state index contributed by atoms with van der Waals surface area (Å²) in [6.07, 6.45) is 0. The van der Waals surface area contributed by atoms with Gasteiger partial charge in [-0.15, -0.1) is 0 Å². The van der Waals surface area contributed by atoms with Gasteiger partial charge in [-0.25, -0.2) is 0 Å². The second kappa shape index (κ2) is 7.83. The molecule has 0 bridgehead atoms. The quantitative estimate of drug-likeness (QED) is 0.771. The topological polar surface area (TPSA) is 18.5 Å². The Kier molecular flexibility index (Phi) is 7.52. The molecule has 0 aliphatic rings. The van der Waals surface area contributed by atoms with Gasteiger partial charge in [0.2, 0.25) is 0 Å². The van der Waals surface area contributed by atoms with Crippen molar-refractivity contribution in [1.82, 2.24) is 0 Å². The zero-order valence-electron chi connectivity index (χ0n) is 9.13. The summed E-state index contributed by atoms with van der Waals surface area (Å²) in [7, 11) is 1.60. The number of benzene rings is 1. The number of methoxy groups -OCH3 is 1. The molecule has 0 aliphatic heterocycles. The SMILES string of the molecule is CC.COCOc1ccc(C)c(Br)c1. The van der Waals surface area contributed by atoms with E-state index in [2.05, 4.69) is 15.9 Å². The largest absolute Gasteiger partial charge is 0.468 e. The van der Waals surface area contributed by atoms with Gasteiger partial charge in [-0.3, -0.25) is 0 Å². The van der Waals surface area contributed by atoms with Gasteiger partial charge in [-0.1, -0.05) is 35.8 Å². The molecular formula is C11H17BrO2. The molecule has 0 amide bonds. The van der Waals surface area contributed by atoms with Crippen LogP contribution >= 0.6 is 15.9 Å². The molecule has 14 heavy (non-hydrogen) atoms. The Morgan fingerprint density at radius 1 is 1.29 bits per heavy atom. The molecule has 0 aliphatic carbocycles. The van der Waals surface area contributed by atoms with Crippen LogP contribution in [0.4, 0.5) is 0 Å². The molecule has 1 aromatic rings. The predicted molar refractivity (Wildman–Crippen MR) is 62.7 cm³/mol. The first-order valence-electron chi connectivity index (χ1n) is 4.62. The van der Waals surface area contributed by atoms with Gasteiger partial charge in [0, 0.05) is 11.6 Å². The molecule has 3 heteroatoms. The van der Waals surface area contributed by atoms with Crippen LogP contribution in [0.2, 0.25) is 0 Å². The molecule has 0 radical (unpaired) electrons. The predicted octanol–water partition coefficient (Wildman–Crippen LogP) is 3.77. The van der Waals surface area contributed by atoms with E-state index in [-0.39, 0.29) is 6.79 Å². The van der Waals surface area contributed by atoms with E-state index < -0.39 is 0 Å². The summed E-state index contributed by atoms with van der Waals surface area (Å²) >= 11 is 3.42. The third-order valence-electron chi connectivity index (χ3n) is 1.49. The molecule has 1 rings (SSSR count). The first-order chi connectivity index (χ1) is 6.74. The molecule has 0 atom stereocenters. The van der Waals surface area contributed by atoms with Crippen LogP contribution < -0.4 is 4.74 Å². The maximum atomic E-state index is 5.24. The summed E-state index contributed by atoms with van der Waals surface area (Å²) < 4.78 is 11.1. The van der Waals surface area contributed by atoms with E-state index in [0.717, 1.165) is 10.2 Å². The molecule has 2 nitrogen and oxygen atoms in total. The van der Waals surface area contributed by atoms with Crippen LogP contribution in [0.3, 0.4) is 0 Å². The Morgan fingerprint density at radius 2 is 1.93 bits per heavy atom. The maximum Gasteiger partial charge on any atom is 0.188 e. The summed E-state index contributed by atoms with van der Waals surface area (Å²) in [4.78, 5) is 0. The molecule has 0 fully saturated rings. The first-order valence-corrected chi connectivity index (χ1v) is 5.41. The van der Waals surface area contributed by atoms with E-state index in [0.29, 0.717) is 0 Å². The number of ether oxygens (including phenoxy) is 2. The molecule has 0 spiro atoms. The van der Waals surface area contributed by atoms with Gasteiger partial charge in [0.05, 0.1) is 0 Å². The lowest BCUT2D eigenvalue weighted by molar-refractivity contribution is 0.0511. The van der Waals surface area contributed by atoms with Gasteiger partial charge in [0.25, 0.3) is 0 Å².